The van der Waals surface area contributed by atoms with Crippen molar-refractivity contribution in [1.29, 1.82) is 0 Å². The van der Waals surface area contributed by atoms with Crippen molar-refractivity contribution in [3.05, 3.63) is 47.4 Å². The topological polar surface area (TPSA) is 58.1 Å². The first kappa shape index (κ1) is 16.4. The van der Waals surface area contributed by atoms with Gasteiger partial charge in [-0.3, -0.25) is 4.79 Å². The van der Waals surface area contributed by atoms with Crippen LogP contribution >= 0.6 is 0 Å². The summed E-state index contributed by atoms with van der Waals surface area (Å²) in [6, 6.07) is 6.14. The Labute approximate surface area is 143 Å². The molecule has 1 aliphatic rings. The average Bonchev–Trinajstić information content (AvgIpc) is 2.58. The summed E-state index contributed by atoms with van der Waals surface area (Å²) in [5.41, 5.74) is 3.76. The third-order valence-electron chi connectivity index (χ3n) is 4.55. The second-order valence-electron chi connectivity index (χ2n) is 6.68. The normalized spacial score (nSPS) is 17.6. The van der Waals surface area contributed by atoms with Gasteiger partial charge >= 0.3 is 0 Å². The minimum Gasteiger partial charge on any atom is -0.339 e. The third-order valence-corrected chi connectivity index (χ3v) is 4.55. The zero-order chi connectivity index (χ0) is 17.1. The predicted molar refractivity (Wildman–Crippen MR) is 95.5 cm³/mol. The first-order valence-corrected chi connectivity index (χ1v) is 8.49. The molecule has 1 saturated heterocycles. The summed E-state index contributed by atoms with van der Waals surface area (Å²) in [4.78, 5) is 23.1. The molecule has 0 aliphatic carbocycles. The maximum Gasteiger partial charge on any atom is 0.274 e. The van der Waals surface area contributed by atoms with E-state index < -0.39 is 0 Å². The van der Waals surface area contributed by atoms with E-state index in [1.165, 1.54) is 6.42 Å². The molecule has 0 radical (unpaired) electrons. The number of amides is 1. The molecule has 1 amide bonds. The van der Waals surface area contributed by atoms with Gasteiger partial charge in [-0.15, -0.1) is 0 Å². The number of rotatable bonds is 3. The van der Waals surface area contributed by atoms with E-state index in [9.17, 15) is 4.79 Å². The summed E-state index contributed by atoms with van der Waals surface area (Å²) in [5, 5.41) is 3.29. The SMILES string of the molecule is Cc1cccc(C)c1Nc1cnc(C(=O)N2CCCC(C)C2)cn1. The summed E-state index contributed by atoms with van der Waals surface area (Å²) in [5.74, 6) is 1.18. The van der Waals surface area contributed by atoms with Gasteiger partial charge < -0.3 is 10.2 Å². The highest BCUT2D eigenvalue weighted by Crippen LogP contribution is 2.23. The monoisotopic (exact) mass is 324 g/mol. The molecule has 2 aromatic rings. The molecule has 5 nitrogen and oxygen atoms in total. The number of para-hydroxylation sites is 1. The van der Waals surface area contributed by atoms with Crippen LogP contribution in [0.2, 0.25) is 0 Å². The van der Waals surface area contributed by atoms with Crippen molar-refractivity contribution >= 4 is 17.4 Å². The molecule has 1 aromatic carbocycles. The highest BCUT2D eigenvalue weighted by atomic mass is 16.2. The summed E-state index contributed by atoms with van der Waals surface area (Å²) in [6.07, 6.45) is 5.45. The van der Waals surface area contributed by atoms with Crippen molar-refractivity contribution in [2.75, 3.05) is 18.4 Å². The molecule has 0 saturated carbocycles. The lowest BCUT2D eigenvalue weighted by molar-refractivity contribution is 0.0676. The molecule has 2 heterocycles. The van der Waals surface area contributed by atoms with Gasteiger partial charge in [0.15, 0.2) is 0 Å². The zero-order valence-electron chi connectivity index (χ0n) is 14.5. The minimum atomic E-state index is -0.0207. The van der Waals surface area contributed by atoms with E-state index in [1.807, 2.05) is 11.0 Å². The molecule has 1 unspecified atom stereocenters. The van der Waals surface area contributed by atoms with Gasteiger partial charge in [-0.2, -0.15) is 0 Å². The highest BCUT2D eigenvalue weighted by Gasteiger charge is 2.23. The minimum absolute atomic E-state index is 0.0207. The van der Waals surface area contributed by atoms with Crippen LogP contribution in [-0.2, 0) is 0 Å². The number of piperidine rings is 1. The molecule has 3 rings (SSSR count). The maximum atomic E-state index is 12.5. The number of nitrogens with zero attached hydrogens (tertiary/aromatic N) is 3. The van der Waals surface area contributed by atoms with Crippen LogP contribution in [0.25, 0.3) is 0 Å². The summed E-state index contributed by atoms with van der Waals surface area (Å²) in [7, 11) is 0. The van der Waals surface area contributed by atoms with Crippen LogP contribution in [0.3, 0.4) is 0 Å². The Morgan fingerprint density at radius 2 is 1.96 bits per heavy atom. The first-order valence-electron chi connectivity index (χ1n) is 8.49. The van der Waals surface area contributed by atoms with Crippen molar-refractivity contribution in [2.45, 2.75) is 33.6 Å². The molecular weight excluding hydrogens is 300 g/mol. The van der Waals surface area contributed by atoms with Crippen LogP contribution in [0, 0.1) is 19.8 Å². The van der Waals surface area contributed by atoms with E-state index >= 15 is 0 Å². The number of likely N-dealkylation sites (tertiary alicyclic amines) is 1. The van der Waals surface area contributed by atoms with Gasteiger partial charge in [0.05, 0.1) is 12.4 Å². The maximum absolute atomic E-state index is 12.5. The molecule has 5 heteroatoms. The van der Waals surface area contributed by atoms with Gasteiger partial charge in [0.2, 0.25) is 0 Å². The molecule has 1 fully saturated rings. The molecular formula is C19H24N4O. The molecule has 1 atom stereocenters. The van der Waals surface area contributed by atoms with Crippen LogP contribution in [-0.4, -0.2) is 33.9 Å². The second kappa shape index (κ2) is 6.99. The van der Waals surface area contributed by atoms with Gasteiger partial charge in [0, 0.05) is 18.8 Å². The predicted octanol–water partition coefficient (Wildman–Crippen LogP) is 3.71. The van der Waals surface area contributed by atoms with Crippen molar-refractivity contribution in [2.24, 2.45) is 5.92 Å². The van der Waals surface area contributed by atoms with Gasteiger partial charge in [-0.25, -0.2) is 9.97 Å². The Morgan fingerprint density at radius 3 is 2.58 bits per heavy atom. The van der Waals surface area contributed by atoms with Crippen LogP contribution in [0.1, 0.15) is 41.4 Å². The van der Waals surface area contributed by atoms with Gasteiger partial charge in [0.1, 0.15) is 11.5 Å². The van der Waals surface area contributed by atoms with E-state index in [0.29, 0.717) is 17.4 Å². The largest absolute Gasteiger partial charge is 0.339 e. The number of nitrogens with one attached hydrogen (secondary N) is 1. The number of hydrogen-bond donors (Lipinski definition) is 1. The molecule has 0 bridgehead atoms. The van der Waals surface area contributed by atoms with E-state index in [2.05, 4.69) is 48.2 Å². The first-order chi connectivity index (χ1) is 11.5. The van der Waals surface area contributed by atoms with Crippen LogP contribution in [0.5, 0.6) is 0 Å². The van der Waals surface area contributed by atoms with Crippen LogP contribution in [0.15, 0.2) is 30.6 Å². The lowest BCUT2D eigenvalue weighted by Gasteiger charge is -2.30. The number of carbonyl (C=O) groups excluding carboxylic acids is 1. The lowest BCUT2D eigenvalue weighted by atomic mass is 10.0. The van der Waals surface area contributed by atoms with Crippen LogP contribution < -0.4 is 5.32 Å². The second-order valence-corrected chi connectivity index (χ2v) is 6.68. The van der Waals surface area contributed by atoms with E-state index in [-0.39, 0.29) is 5.91 Å². The number of anilines is 2. The quantitative estimate of drug-likeness (QED) is 0.935. The number of hydrogen-bond acceptors (Lipinski definition) is 4. The van der Waals surface area contributed by atoms with Crippen molar-refractivity contribution < 1.29 is 4.79 Å². The van der Waals surface area contributed by atoms with Gasteiger partial charge in [-0.05, 0) is 43.7 Å². The highest BCUT2D eigenvalue weighted by molar-refractivity contribution is 5.92. The Morgan fingerprint density at radius 1 is 1.21 bits per heavy atom. The average molecular weight is 324 g/mol. The fourth-order valence-corrected chi connectivity index (χ4v) is 3.18. The molecule has 1 N–H and O–H groups in total. The van der Waals surface area contributed by atoms with Crippen LogP contribution in [0.4, 0.5) is 11.5 Å². The standard InChI is InChI=1S/C19H24N4O/c1-13-6-5-9-23(12-13)19(24)16-10-21-17(11-20-16)22-18-14(2)7-4-8-15(18)3/h4,7-8,10-11,13H,5-6,9,12H2,1-3H3,(H,21,22). The molecule has 1 aliphatic heterocycles. The Hall–Kier alpha value is -2.43. The van der Waals surface area contributed by atoms with Crippen molar-refractivity contribution in [3.63, 3.8) is 0 Å². The number of carbonyl (C=O) groups is 1. The summed E-state index contributed by atoms with van der Waals surface area (Å²) >= 11 is 0. The molecule has 1 aromatic heterocycles. The zero-order valence-corrected chi connectivity index (χ0v) is 14.5. The Balaban J connectivity index is 1.72. The smallest absolute Gasteiger partial charge is 0.274 e. The van der Waals surface area contributed by atoms with E-state index in [0.717, 1.165) is 36.3 Å². The Bertz CT molecular complexity index is 706. The molecule has 24 heavy (non-hydrogen) atoms. The Kier molecular flexibility index (Phi) is 4.79. The van der Waals surface area contributed by atoms with Gasteiger partial charge in [-0.1, -0.05) is 25.1 Å². The third kappa shape index (κ3) is 3.55. The van der Waals surface area contributed by atoms with E-state index in [1.54, 1.807) is 12.4 Å². The van der Waals surface area contributed by atoms with E-state index in [4.69, 9.17) is 0 Å². The van der Waals surface area contributed by atoms with Crippen molar-refractivity contribution in [1.82, 2.24) is 14.9 Å². The van der Waals surface area contributed by atoms with Crippen molar-refractivity contribution in [3.8, 4) is 0 Å². The summed E-state index contributed by atoms with van der Waals surface area (Å²) < 4.78 is 0. The number of aryl methyl sites for hydroxylation is 2. The number of aromatic nitrogens is 2. The fraction of sp³-hybridized carbons (Fsp3) is 0.421. The molecule has 126 valence electrons. The molecule has 0 spiro atoms. The van der Waals surface area contributed by atoms with Gasteiger partial charge in [0.25, 0.3) is 5.91 Å². The number of benzene rings is 1. The lowest BCUT2D eigenvalue weighted by Crippen LogP contribution is -2.39. The fourth-order valence-electron chi connectivity index (χ4n) is 3.18. The summed E-state index contributed by atoms with van der Waals surface area (Å²) in [6.45, 7) is 7.91.